The Labute approximate surface area is 366 Å². The Morgan fingerprint density at radius 1 is 1.08 bits per heavy atom. The van der Waals surface area contributed by atoms with Crippen LogP contribution in [0.15, 0.2) is 31.3 Å². The Bertz CT molecular complexity index is 2280. The van der Waals surface area contributed by atoms with Gasteiger partial charge in [0.15, 0.2) is 40.7 Å². The number of aliphatic hydroxyl groups excluding tert-OH is 1. The van der Waals surface area contributed by atoms with Crippen LogP contribution in [0.2, 0.25) is 0 Å². The molecule has 21 nitrogen and oxygen atoms in total. The second-order valence-electron chi connectivity index (χ2n) is 15.8. The molecular formula is C40H51ClFN7O14. The summed E-state index contributed by atoms with van der Waals surface area (Å²) in [6, 6.07) is 0. The number of amides is 3. The quantitative estimate of drug-likeness (QED) is 0.0362. The molecule has 1 aliphatic heterocycles. The van der Waals surface area contributed by atoms with Crippen LogP contribution in [-0.4, -0.2) is 116 Å². The fourth-order valence-electron chi connectivity index (χ4n) is 6.05. The minimum absolute atomic E-state index is 0.0227. The number of allylic oxidation sites excluding steroid dienone is 1. The highest BCUT2D eigenvalue weighted by Gasteiger charge is 2.42. The molecule has 0 aliphatic carbocycles. The Kier molecular flexibility index (Phi) is 17.1. The molecule has 63 heavy (non-hydrogen) atoms. The molecule has 3 unspecified atom stereocenters. The van der Waals surface area contributed by atoms with Crippen LogP contribution in [0.25, 0.3) is 11.2 Å². The van der Waals surface area contributed by atoms with Crippen LogP contribution >= 0.6 is 11.6 Å². The van der Waals surface area contributed by atoms with E-state index in [1.54, 1.807) is 34.6 Å². The maximum absolute atomic E-state index is 14.5. The third-order valence-electron chi connectivity index (χ3n) is 9.64. The molecule has 1 aliphatic rings. The van der Waals surface area contributed by atoms with Gasteiger partial charge in [0.2, 0.25) is 5.24 Å². The molecule has 344 valence electrons. The average molecular weight is 908 g/mol. The summed E-state index contributed by atoms with van der Waals surface area (Å²) in [4.78, 5) is 87.1. The lowest BCUT2D eigenvalue weighted by Crippen LogP contribution is -2.34. The molecule has 0 saturated carbocycles. The number of anilines is 1. The first-order chi connectivity index (χ1) is 29.6. The molecule has 0 aromatic carbocycles. The van der Waals surface area contributed by atoms with E-state index in [-0.39, 0.29) is 86.1 Å². The fraction of sp³-hybridized carbons (Fsp3) is 0.575. The molecule has 2 N–H and O–H groups in total. The Morgan fingerprint density at radius 3 is 2.38 bits per heavy atom. The monoisotopic (exact) mass is 907 g/mol. The van der Waals surface area contributed by atoms with E-state index in [0.29, 0.717) is 18.4 Å². The zero-order chi connectivity index (χ0) is 46.6. The molecule has 3 atom stereocenters. The van der Waals surface area contributed by atoms with Crippen molar-refractivity contribution in [2.75, 3.05) is 45.7 Å². The molecule has 3 aromatic rings. The van der Waals surface area contributed by atoms with Crippen LogP contribution < -0.4 is 11.1 Å². The molecule has 1 fully saturated rings. The van der Waals surface area contributed by atoms with Gasteiger partial charge in [0.25, 0.3) is 0 Å². The molecule has 4 rings (SSSR count). The number of halogens is 2. The molecule has 3 aromatic heterocycles. The third kappa shape index (κ3) is 14.4. The van der Waals surface area contributed by atoms with Crippen LogP contribution in [0.5, 0.6) is 0 Å². The highest BCUT2D eigenvalue weighted by molar-refractivity contribution is 6.63. The minimum atomic E-state index is -1.32. The number of nitrogens with zero attached hydrogens (tertiary/aromatic N) is 6. The number of rotatable bonds is 19. The van der Waals surface area contributed by atoms with E-state index >= 15 is 0 Å². The van der Waals surface area contributed by atoms with Gasteiger partial charge in [-0.15, -0.1) is 6.42 Å². The SMILES string of the molecule is C#CC1(COC(=O)CCCN(C)C(=O)OCc2oc(=O)oc2CC(C)/C(C)=C(\O)COC(=O)N(C)CCCC(=O)Cl)CCC(n2cnc3c(NC(=O)OC(C)(C)C)nc(F)nc32)O1. The number of terminal acetylenes is 1. The van der Waals surface area contributed by atoms with E-state index in [1.165, 1.54) is 34.8 Å². The van der Waals surface area contributed by atoms with Crippen molar-refractivity contribution in [2.45, 2.75) is 104 Å². The maximum Gasteiger partial charge on any atom is 0.519 e. The topological polar surface area (TPSA) is 257 Å². The van der Waals surface area contributed by atoms with Crippen molar-refractivity contribution in [2.24, 2.45) is 5.92 Å². The summed E-state index contributed by atoms with van der Waals surface area (Å²) >= 11 is 5.31. The number of hydrogen-bond acceptors (Lipinski definition) is 17. The second-order valence-corrected chi connectivity index (χ2v) is 16.2. The molecule has 4 heterocycles. The molecule has 0 bridgehead atoms. The Hall–Kier alpha value is -6.21. The Balaban J connectivity index is 1.21. The van der Waals surface area contributed by atoms with Crippen molar-refractivity contribution in [3.63, 3.8) is 0 Å². The zero-order valence-electron chi connectivity index (χ0n) is 36.0. The minimum Gasteiger partial charge on any atom is -0.509 e. The fourth-order valence-corrected chi connectivity index (χ4v) is 6.18. The van der Waals surface area contributed by atoms with E-state index in [1.807, 2.05) is 0 Å². The zero-order valence-corrected chi connectivity index (χ0v) is 36.7. The van der Waals surface area contributed by atoms with Gasteiger partial charge in [-0.3, -0.25) is 19.5 Å². The summed E-state index contributed by atoms with van der Waals surface area (Å²) in [5.74, 6) is 0.0752. The number of carbonyl (C=O) groups is 5. The maximum atomic E-state index is 14.5. The largest absolute Gasteiger partial charge is 0.519 e. The molecule has 0 radical (unpaired) electrons. The lowest BCUT2D eigenvalue weighted by Gasteiger charge is -2.24. The van der Waals surface area contributed by atoms with Gasteiger partial charge in [0.05, 0.1) is 6.33 Å². The smallest absolute Gasteiger partial charge is 0.509 e. The average Bonchev–Trinajstić information content (AvgIpc) is 3.93. The van der Waals surface area contributed by atoms with Crippen molar-refractivity contribution in [3.05, 3.63) is 45.9 Å². The lowest BCUT2D eigenvalue weighted by atomic mass is 9.96. The van der Waals surface area contributed by atoms with E-state index in [0.717, 1.165) is 0 Å². The van der Waals surface area contributed by atoms with Gasteiger partial charge in [-0.2, -0.15) is 14.4 Å². The predicted octanol–water partition coefficient (Wildman–Crippen LogP) is 5.76. The Morgan fingerprint density at radius 2 is 1.73 bits per heavy atom. The van der Waals surface area contributed by atoms with Crippen molar-refractivity contribution >= 4 is 58.1 Å². The number of aliphatic hydroxyl groups is 1. The van der Waals surface area contributed by atoms with Crippen LogP contribution in [0.3, 0.4) is 0 Å². The van der Waals surface area contributed by atoms with Gasteiger partial charge < -0.3 is 47.4 Å². The van der Waals surface area contributed by atoms with Crippen molar-refractivity contribution in [3.8, 4) is 12.3 Å². The number of aromatic nitrogens is 4. The summed E-state index contributed by atoms with van der Waals surface area (Å²) < 4.78 is 53.4. The summed E-state index contributed by atoms with van der Waals surface area (Å²) in [7, 11) is 2.92. The van der Waals surface area contributed by atoms with E-state index < -0.39 is 78.0 Å². The number of imidazole rings is 1. The first-order valence-corrected chi connectivity index (χ1v) is 20.1. The number of hydrogen-bond donors (Lipinski definition) is 2. The lowest BCUT2D eigenvalue weighted by molar-refractivity contribution is -0.152. The number of nitrogens with one attached hydrogen (secondary N) is 1. The van der Waals surface area contributed by atoms with Crippen molar-refractivity contribution < 1.29 is 66.0 Å². The molecular weight excluding hydrogens is 857 g/mol. The summed E-state index contributed by atoms with van der Waals surface area (Å²) in [5.41, 5.74) is -1.61. The van der Waals surface area contributed by atoms with Crippen molar-refractivity contribution in [1.29, 1.82) is 0 Å². The molecule has 0 spiro atoms. The number of carbonyl (C=O) groups excluding carboxylic acids is 5. The molecule has 3 amide bonds. The molecule has 1 saturated heterocycles. The van der Waals surface area contributed by atoms with Gasteiger partial charge >= 0.3 is 36.1 Å². The van der Waals surface area contributed by atoms with Gasteiger partial charge in [-0.05, 0) is 76.5 Å². The van der Waals surface area contributed by atoms with E-state index in [9.17, 15) is 38.3 Å². The summed E-state index contributed by atoms with van der Waals surface area (Å²) in [6.07, 6.45) is 4.06. The third-order valence-corrected chi connectivity index (χ3v) is 9.83. The predicted molar refractivity (Wildman–Crippen MR) is 219 cm³/mol. The van der Waals surface area contributed by atoms with E-state index in [2.05, 4.69) is 26.2 Å². The van der Waals surface area contributed by atoms with Gasteiger partial charge in [-0.25, -0.2) is 24.2 Å². The first kappa shape index (κ1) is 49.4. The number of ether oxygens (including phenoxy) is 5. The first-order valence-electron chi connectivity index (χ1n) is 19.8. The van der Waals surface area contributed by atoms with Gasteiger partial charge in [0.1, 0.15) is 30.8 Å². The summed E-state index contributed by atoms with van der Waals surface area (Å²) in [6.45, 7) is 7.46. The highest BCUT2D eigenvalue weighted by atomic mass is 35.5. The van der Waals surface area contributed by atoms with Gasteiger partial charge in [0, 0.05) is 46.4 Å². The highest BCUT2D eigenvalue weighted by Crippen LogP contribution is 2.38. The number of esters is 1. The second kappa shape index (κ2) is 21.7. The van der Waals surface area contributed by atoms with Crippen LogP contribution in [-0.2, 0) is 46.3 Å². The molecule has 23 heteroatoms. The van der Waals surface area contributed by atoms with Crippen LogP contribution in [0.1, 0.15) is 90.9 Å². The van der Waals surface area contributed by atoms with Gasteiger partial charge in [-0.1, -0.05) is 12.8 Å². The van der Waals surface area contributed by atoms with Crippen molar-refractivity contribution in [1.82, 2.24) is 29.3 Å². The van der Waals surface area contributed by atoms with E-state index in [4.69, 9.17) is 50.5 Å². The summed E-state index contributed by atoms with van der Waals surface area (Å²) in [5, 5.41) is 12.4. The standard InChI is InChI=1S/C40H51ClFN7O14/c1-9-40(15-14-29(62-40)49-22-43-31-32(44-34(42)46-33(31)49)45-35(53)63-39(4,5)6)21-59-30(52)13-11-17-48(8)37(55)58-20-27-26(60-38(56)61-27)18-23(2)24(3)25(50)19-57-36(54)47(7)16-10-12-28(41)51/h1,22-23,29,50H,10-21H2,2-8H3,(H,44,45,46,53)/b25-24-. The van der Waals surface area contributed by atoms with Crippen LogP contribution in [0, 0.1) is 24.3 Å². The van der Waals surface area contributed by atoms with Crippen LogP contribution in [0.4, 0.5) is 24.6 Å². The normalized spacial score (nSPS) is 17.0. The number of fused-ring (bicyclic) bond motifs is 1.